The molecule has 1 amide bonds. The van der Waals surface area contributed by atoms with E-state index in [9.17, 15) is 15.0 Å². The molecule has 3 rings (SSSR count). The minimum Gasteiger partial charge on any atom is -0.505 e. The fourth-order valence-corrected chi connectivity index (χ4v) is 3.19. The molecule has 1 aromatic heterocycles. The number of carbonyl (C=O) groups excluding carboxylic acids is 1. The molecule has 0 saturated carbocycles. The van der Waals surface area contributed by atoms with Gasteiger partial charge in [-0.25, -0.2) is 0 Å². The van der Waals surface area contributed by atoms with Gasteiger partial charge < -0.3 is 20.3 Å². The summed E-state index contributed by atoms with van der Waals surface area (Å²) >= 11 is 0. The van der Waals surface area contributed by atoms with Crippen molar-refractivity contribution in [2.24, 2.45) is 0 Å². The number of methoxy groups -OCH3 is 1. The highest BCUT2D eigenvalue weighted by Gasteiger charge is 2.23. The number of benzene rings is 2. The van der Waals surface area contributed by atoms with Gasteiger partial charge >= 0.3 is 0 Å². The van der Waals surface area contributed by atoms with Crippen LogP contribution in [0.2, 0.25) is 0 Å². The Balaban J connectivity index is 2.00. The average molecular weight is 380 g/mol. The maximum Gasteiger partial charge on any atom is 0.221 e. The lowest BCUT2D eigenvalue weighted by atomic mass is 9.87. The highest BCUT2D eigenvalue weighted by atomic mass is 16.5. The molecule has 146 valence electrons. The first-order valence-corrected chi connectivity index (χ1v) is 9.15. The standard InChI is InChI=1S/C22H24N2O4/c1-14(25)13-24-20(26)12-19(15-5-8-17(28-2)9-6-15)18-10-7-16-4-3-11-23-21(16)22(18)27/h3-11,14,19,25,27H,12-13H2,1-2H3,(H,24,26). The van der Waals surface area contributed by atoms with Gasteiger partial charge in [0, 0.05) is 36.0 Å². The van der Waals surface area contributed by atoms with E-state index in [-0.39, 0.29) is 30.5 Å². The van der Waals surface area contributed by atoms with Gasteiger partial charge in [0.2, 0.25) is 5.91 Å². The predicted molar refractivity (Wildman–Crippen MR) is 108 cm³/mol. The molecule has 0 aliphatic heterocycles. The summed E-state index contributed by atoms with van der Waals surface area (Å²) in [6.45, 7) is 1.79. The van der Waals surface area contributed by atoms with Crippen molar-refractivity contribution in [3.63, 3.8) is 0 Å². The van der Waals surface area contributed by atoms with Crippen molar-refractivity contribution >= 4 is 16.8 Å². The monoisotopic (exact) mass is 380 g/mol. The van der Waals surface area contributed by atoms with Crippen molar-refractivity contribution in [1.29, 1.82) is 0 Å². The lowest BCUT2D eigenvalue weighted by Crippen LogP contribution is -2.31. The fourth-order valence-electron chi connectivity index (χ4n) is 3.19. The van der Waals surface area contributed by atoms with E-state index in [1.54, 1.807) is 20.2 Å². The van der Waals surface area contributed by atoms with Gasteiger partial charge in [0.05, 0.1) is 13.2 Å². The molecule has 0 bridgehead atoms. The third-order valence-electron chi connectivity index (χ3n) is 4.66. The first-order chi connectivity index (χ1) is 13.5. The first kappa shape index (κ1) is 19.6. The molecule has 0 aliphatic rings. The molecule has 3 N–H and O–H groups in total. The maximum atomic E-state index is 12.5. The van der Waals surface area contributed by atoms with Crippen LogP contribution < -0.4 is 10.1 Å². The molecule has 1 heterocycles. The molecule has 6 nitrogen and oxygen atoms in total. The number of aliphatic hydroxyl groups excluding tert-OH is 1. The first-order valence-electron chi connectivity index (χ1n) is 9.15. The molecule has 0 spiro atoms. The Morgan fingerprint density at radius 2 is 1.93 bits per heavy atom. The Bertz CT molecular complexity index is 954. The Hall–Kier alpha value is -3.12. The molecule has 2 unspecified atom stereocenters. The molecule has 2 atom stereocenters. The minimum absolute atomic E-state index is 0.0715. The summed E-state index contributed by atoms with van der Waals surface area (Å²) in [5.41, 5.74) is 2.00. The highest BCUT2D eigenvalue weighted by Crippen LogP contribution is 2.38. The number of phenols is 1. The van der Waals surface area contributed by atoms with Crippen LogP contribution in [0.15, 0.2) is 54.7 Å². The number of phenolic OH excluding ortho intramolecular Hbond substituents is 1. The van der Waals surface area contributed by atoms with Crippen molar-refractivity contribution in [2.45, 2.75) is 25.4 Å². The number of aromatic hydroxyl groups is 1. The van der Waals surface area contributed by atoms with Crippen LogP contribution in [0.1, 0.15) is 30.4 Å². The number of hydrogen-bond donors (Lipinski definition) is 3. The van der Waals surface area contributed by atoms with Gasteiger partial charge in [-0.1, -0.05) is 30.3 Å². The molecule has 0 saturated heterocycles. The number of rotatable bonds is 7. The van der Waals surface area contributed by atoms with E-state index in [0.717, 1.165) is 10.9 Å². The van der Waals surface area contributed by atoms with Crippen LogP contribution in [0.4, 0.5) is 0 Å². The molecular weight excluding hydrogens is 356 g/mol. The summed E-state index contributed by atoms with van der Waals surface area (Å²) in [5.74, 6) is 0.209. The quantitative estimate of drug-likeness (QED) is 0.586. The molecule has 3 aromatic rings. The summed E-state index contributed by atoms with van der Waals surface area (Å²) in [4.78, 5) is 16.7. The number of fused-ring (bicyclic) bond motifs is 1. The molecule has 0 radical (unpaired) electrons. The number of nitrogens with one attached hydrogen (secondary N) is 1. The number of aromatic nitrogens is 1. The number of carbonyl (C=O) groups is 1. The molecular formula is C22H24N2O4. The summed E-state index contributed by atoms with van der Waals surface area (Å²) < 4.78 is 5.22. The molecule has 2 aromatic carbocycles. The van der Waals surface area contributed by atoms with E-state index in [0.29, 0.717) is 16.8 Å². The molecule has 0 fully saturated rings. The smallest absolute Gasteiger partial charge is 0.221 e. The van der Waals surface area contributed by atoms with Crippen LogP contribution in [-0.2, 0) is 4.79 Å². The van der Waals surface area contributed by atoms with Crippen LogP contribution in [0, 0.1) is 0 Å². The summed E-state index contributed by atoms with van der Waals surface area (Å²) in [7, 11) is 1.59. The second-order valence-electron chi connectivity index (χ2n) is 6.76. The van der Waals surface area contributed by atoms with Crippen LogP contribution in [0.3, 0.4) is 0 Å². The van der Waals surface area contributed by atoms with E-state index in [4.69, 9.17) is 4.74 Å². The second kappa shape index (κ2) is 8.71. The maximum absolute atomic E-state index is 12.5. The fraction of sp³-hybridized carbons (Fsp3) is 0.273. The zero-order valence-corrected chi connectivity index (χ0v) is 15.9. The van der Waals surface area contributed by atoms with Crippen LogP contribution in [0.5, 0.6) is 11.5 Å². The topological polar surface area (TPSA) is 91.7 Å². The lowest BCUT2D eigenvalue weighted by Gasteiger charge is -2.20. The van der Waals surface area contributed by atoms with Crippen molar-refractivity contribution in [3.8, 4) is 11.5 Å². The van der Waals surface area contributed by atoms with E-state index in [1.165, 1.54) is 0 Å². The Morgan fingerprint density at radius 3 is 2.61 bits per heavy atom. The SMILES string of the molecule is COc1ccc(C(CC(=O)NCC(C)O)c2ccc3cccnc3c2O)cc1. The minimum atomic E-state index is -0.623. The summed E-state index contributed by atoms with van der Waals surface area (Å²) in [6.07, 6.45) is 1.13. The number of pyridine rings is 1. The van der Waals surface area contributed by atoms with E-state index >= 15 is 0 Å². The molecule has 28 heavy (non-hydrogen) atoms. The number of amides is 1. The summed E-state index contributed by atoms with van der Waals surface area (Å²) in [6, 6.07) is 14.8. The van der Waals surface area contributed by atoms with Crippen molar-refractivity contribution in [1.82, 2.24) is 10.3 Å². The normalized spacial score (nSPS) is 13.1. The van der Waals surface area contributed by atoms with Crippen molar-refractivity contribution in [2.75, 3.05) is 13.7 Å². The zero-order chi connectivity index (χ0) is 20.1. The van der Waals surface area contributed by atoms with E-state index in [2.05, 4.69) is 10.3 Å². The van der Waals surface area contributed by atoms with Gasteiger partial charge in [-0.2, -0.15) is 0 Å². The second-order valence-corrected chi connectivity index (χ2v) is 6.76. The zero-order valence-electron chi connectivity index (χ0n) is 15.9. The number of ether oxygens (including phenoxy) is 1. The van der Waals surface area contributed by atoms with E-state index in [1.807, 2.05) is 48.5 Å². The third kappa shape index (κ3) is 4.40. The van der Waals surface area contributed by atoms with Crippen LogP contribution in [0.25, 0.3) is 10.9 Å². The number of hydrogen-bond acceptors (Lipinski definition) is 5. The van der Waals surface area contributed by atoms with Gasteiger partial charge in [-0.3, -0.25) is 9.78 Å². The van der Waals surface area contributed by atoms with Gasteiger partial charge in [0.25, 0.3) is 0 Å². The van der Waals surface area contributed by atoms with E-state index < -0.39 is 6.10 Å². The highest BCUT2D eigenvalue weighted by molar-refractivity contribution is 5.86. The van der Waals surface area contributed by atoms with Gasteiger partial charge in [-0.15, -0.1) is 0 Å². The largest absolute Gasteiger partial charge is 0.505 e. The number of nitrogens with zero attached hydrogens (tertiary/aromatic N) is 1. The van der Waals surface area contributed by atoms with Crippen LogP contribution >= 0.6 is 0 Å². The van der Waals surface area contributed by atoms with Crippen molar-refractivity contribution in [3.05, 3.63) is 65.9 Å². The Kier molecular flexibility index (Phi) is 6.11. The predicted octanol–water partition coefficient (Wildman–Crippen LogP) is 2.97. The average Bonchev–Trinajstić information content (AvgIpc) is 2.71. The molecule has 0 aliphatic carbocycles. The molecule has 6 heteroatoms. The van der Waals surface area contributed by atoms with Gasteiger partial charge in [0.15, 0.2) is 0 Å². The third-order valence-corrected chi connectivity index (χ3v) is 4.66. The van der Waals surface area contributed by atoms with Gasteiger partial charge in [-0.05, 0) is 30.7 Å². The van der Waals surface area contributed by atoms with Crippen molar-refractivity contribution < 1.29 is 19.7 Å². The Labute approximate surface area is 163 Å². The lowest BCUT2D eigenvalue weighted by molar-refractivity contribution is -0.121. The number of aliphatic hydroxyl groups is 1. The Morgan fingerprint density at radius 1 is 1.18 bits per heavy atom. The van der Waals surface area contributed by atoms with Gasteiger partial charge in [0.1, 0.15) is 17.0 Å². The van der Waals surface area contributed by atoms with Crippen LogP contribution in [-0.4, -0.2) is 40.9 Å². The summed E-state index contributed by atoms with van der Waals surface area (Å²) in [5, 5.41) is 23.8.